The average molecular weight is 275 g/mol. The predicted molar refractivity (Wildman–Crippen MR) is 71.5 cm³/mol. The zero-order valence-corrected chi connectivity index (χ0v) is 11.6. The molecule has 1 aliphatic carbocycles. The molecule has 0 N–H and O–H groups in total. The fourth-order valence-corrected chi connectivity index (χ4v) is 2.29. The van der Waals surface area contributed by atoms with Crippen molar-refractivity contribution in [3.63, 3.8) is 0 Å². The van der Waals surface area contributed by atoms with E-state index in [4.69, 9.17) is 14.0 Å². The van der Waals surface area contributed by atoms with Crippen LogP contribution in [-0.4, -0.2) is 34.9 Å². The van der Waals surface area contributed by atoms with Gasteiger partial charge in [-0.2, -0.15) is 4.98 Å². The third-order valence-electron chi connectivity index (χ3n) is 3.49. The van der Waals surface area contributed by atoms with Crippen molar-refractivity contribution in [3.05, 3.63) is 24.2 Å². The minimum Gasteiger partial charge on any atom is -0.481 e. The van der Waals surface area contributed by atoms with E-state index in [1.807, 2.05) is 13.0 Å². The van der Waals surface area contributed by atoms with Gasteiger partial charge in [0, 0.05) is 30.4 Å². The third-order valence-corrected chi connectivity index (χ3v) is 3.49. The first-order chi connectivity index (χ1) is 9.80. The SMILES string of the molecule is CCOC1CC(c2nc(-c3ccc(OC)nc3)no2)C1. The lowest BCUT2D eigenvalue weighted by Crippen LogP contribution is -2.29. The Kier molecular flexibility index (Phi) is 3.64. The minimum absolute atomic E-state index is 0.319. The number of rotatable bonds is 5. The summed E-state index contributed by atoms with van der Waals surface area (Å²) in [6.45, 7) is 2.76. The number of ether oxygens (including phenoxy) is 2. The molecule has 20 heavy (non-hydrogen) atoms. The molecule has 2 aromatic heterocycles. The van der Waals surface area contributed by atoms with Gasteiger partial charge in [0.15, 0.2) is 0 Å². The Morgan fingerprint density at radius 3 is 2.85 bits per heavy atom. The van der Waals surface area contributed by atoms with Gasteiger partial charge in [0.05, 0.1) is 13.2 Å². The molecule has 0 bridgehead atoms. The highest BCUT2D eigenvalue weighted by Gasteiger charge is 2.34. The van der Waals surface area contributed by atoms with E-state index >= 15 is 0 Å². The van der Waals surface area contributed by atoms with Crippen LogP contribution in [0, 0.1) is 0 Å². The van der Waals surface area contributed by atoms with Crippen LogP contribution in [0.2, 0.25) is 0 Å². The second-order valence-electron chi connectivity index (χ2n) is 4.79. The van der Waals surface area contributed by atoms with Crippen molar-refractivity contribution in [2.75, 3.05) is 13.7 Å². The zero-order valence-electron chi connectivity index (χ0n) is 11.6. The monoisotopic (exact) mass is 275 g/mol. The standard InChI is InChI=1S/C14H17N3O3/c1-3-19-11-6-10(7-11)14-16-13(17-20-14)9-4-5-12(18-2)15-8-9/h4-5,8,10-11H,3,6-7H2,1-2H3. The molecule has 0 aliphatic heterocycles. The summed E-state index contributed by atoms with van der Waals surface area (Å²) in [7, 11) is 1.58. The molecule has 1 aliphatic rings. The van der Waals surface area contributed by atoms with Gasteiger partial charge in [-0.05, 0) is 25.8 Å². The van der Waals surface area contributed by atoms with Gasteiger partial charge in [-0.1, -0.05) is 5.16 Å². The summed E-state index contributed by atoms with van der Waals surface area (Å²) in [5, 5.41) is 4.01. The molecule has 0 unspecified atom stereocenters. The molecule has 0 aromatic carbocycles. The van der Waals surface area contributed by atoms with Crippen LogP contribution >= 0.6 is 0 Å². The van der Waals surface area contributed by atoms with E-state index in [1.54, 1.807) is 19.4 Å². The van der Waals surface area contributed by atoms with Crippen LogP contribution in [0.15, 0.2) is 22.9 Å². The molecule has 3 rings (SSSR count). The minimum atomic E-state index is 0.319. The summed E-state index contributed by atoms with van der Waals surface area (Å²) >= 11 is 0. The van der Waals surface area contributed by atoms with Crippen molar-refractivity contribution in [3.8, 4) is 17.3 Å². The van der Waals surface area contributed by atoms with Gasteiger partial charge in [0.25, 0.3) is 0 Å². The number of aromatic nitrogens is 3. The van der Waals surface area contributed by atoms with Crippen LogP contribution in [-0.2, 0) is 4.74 Å². The Labute approximate surface area is 117 Å². The summed E-state index contributed by atoms with van der Waals surface area (Å²) in [5.41, 5.74) is 0.821. The fraction of sp³-hybridized carbons (Fsp3) is 0.500. The molecule has 6 heteroatoms. The maximum absolute atomic E-state index is 5.53. The van der Waals surface area contributed by atoms with Crippen molar-refractivity contribution >= 4 is 0 Å². The van der Waals surface area contributed by atoms with E-state index in [0.29, 0.717) is 29.6 Å². The Morgan fingerprint density at radius 2 is 2.20 bits per heavy atom. The van der Waals surface area contributed by atoms with Gasteiger partial charge < -0.3 is 14.0 Å². The number of methoxy groups -OCH3 is 1. The zero-order chi connectivity index (χ0) is 13.9. The first-order valence-electron chi connectivity index (χ1n) is 6.75. The number of pyridine rings is 1. The van der Waals surface area contributed by atoms with Gasteiger partial charge >= 0.3 is 0 Å². The lowest BCUT2D eigenvalue weighted by Gasteiger charge is -2.32. The third kappa shape index (κ3) is 2.51. The molecule has 0 atom stereocenters. The highest BCUT2D eigenvalue weighted by atomic mass is 16.5. The van der Waals surface area contributed by atoms with Crippen molar-refractivity contribution < 1.29 is 14.0 Å². The van der Waals surface area contributed by atoms with E-state index in [9.17, 15) is 0 Å². The van der Waals surface area contributed by atoms with Crippen molar-refractivity contribution in [1.82, 2.24) is 15.1 Å². The fourth-order valence-electron chi connectivity index (χ4n) is 2.29. The van der Waals surface area contributed by atoms with Crippen molar-refractivity contribution in [1.29, 1.82) is 0 Å². The molecule has 0 saturated heterocycles. The first-order valence-corrected chi connectivity index (χ1v) is 6.75. The normalized spacial score (nSPS) is 21.5. The van der Waals surface area contributed by atoms with Gasteiger partial charge in [-0.15, -0.1) is 0 Å². The molecular formula is C14H17N3O3. The molecule has 0 radical (unpaired) electrons. The summed E-state index contributed by atoms with van der Waals surface area (Å²) in [6, 6.07) is 3.64. The lowest BCUT2D eigenvalue weighted by molar-refractivity contribution is -0.00961. The summed E-state index contributed by atoms with van der Waals surface area (Å²) in [4.78, 5) is 8.57. The van der Waals surface area contributed by atoms with Gasteiger partial charge in [0.2, 0.25) is 17.6 Å². The number of hydrogen-bond acceptors (Lipinski definition) is 6. The summed E-state index contributed by atoms with van der Waals surface area (Å²) < 4.78 is 15.9. The topological polar surface area (TPSA) is 70.3 Å². The van der Waals surface area contributed by atoms with Crippen LogP contribution < -0.4 is 4.74 Å². The van der Waals surface area contributed by atoms with E-state index in [-0.39, 0.29) is 0 Å². The second kappa shape index (κ2) is 5.58. The maximum Gasteiger partial charge on any atom is 0.230 e. The van der Waals surface area contributed by atoms with Gasteiger partial charge in [0.1, 0.15) is 0 Å². The van der Waals surface area contributed by atoms with E-state index in [1.165, 1.54) is 0 Å². The second-order valence-corrected chi connectivity index (χ2v) is 4.79. The summed E-state index contributed by atoms with van der Waals surface area (Å²) in [6.07, 6.45) is 3.92. The number of nitrogens with zero attached hydrogens (tertiary/aromatic N) is 3. The summed E-state index contributed by atoms with van der Waals surface area (Å²) in [5.74, 6) is 2.14. The smallest absolute Gasteiger partial charge is 0.230 e. The van der Waals surface area contributed by atoms with Gasteiger partial charge in [-0.25, -0.2) is 4.98 Å². The molecule has 2 heterocycles. The highest BCUT2D eigenvalue weighted by molar-refractivity contribution is 5.53. The lowest BCUT2D eigenvalue weighted by atomic mass is 9.82. The maximum atomic E-state index is 5.53. The van der Waals surface area contributed by atoms with Crippen LogP contribution in [0.4, 0.5) is 0 Å². The molecule has 6 nitrogen and oxygen atoms in total. The largest absolute Gasteiger partial charge is 0.481 e. The molecule has 0 amide bonds. The molecule has 1 fully saturated rings. The van der Waals surface area contributed by atoms with Crippen LogP contribution in [0.3, 0.4) is 0 Å². The van der Waals surface area contributed by atoms with Crippen LogP contribution in [0.25, 0.3) is 11.4 Å². The molecule has 1 saturated carbocycles. The van der Waals surface area contributed by atoms with Gasteiger partial charge in [-0.3, -0.25) is 0 Å². The Balaban J connectivity index is 1.67. The predicted octanol–water partition coefficient (Wildman–Crippen LogP) is 2.42. The van der Waals surface area contributed by atoms with E-state index in [2.05, 4.69) is 15.1 Å². The van der Waals surface area contributed by atoms with E-state index in [0.717, 1.165) is 25.0 Å². The van der Waals surface area contributed by atoms with Crippen molar-refractivity contribution in [2.45, 2.75) is 31.8 Å². The molecule has 106 valence electrons. The average Bonchev–Trinajstić information content (AvgIpc) is 2.91. The van der Waals surface area contributed by atoms with Crippen LogP contribution in [0.5, 0.6) is 5.88 Å². The highest BCUT2D eigenvalue weighted by Crippen LogP contribution is 2.38. The quantitative estimate of drug-likeness (QED) is 0.834. The van der Waals surface area contributed by atoms with E-state index < -0.39 is 0 Å². The first kappa shape index (κ1) is 13.1. The van der Waals surface area contributed by atoms with Crippen LogP contribution in [0.1, 0.15) is 31.6 Å². The molecular weight excluding hydrogens is 258 g/mol. The Morgan fingerprint density at radius 1 is 1.35 bits per heavy atom. The number of hydrogen-bond donors (Lipinski definition) is 0. The Bertz CT molecular complexity index is 561. The molecule has 0 spiro atoms. The van der Waals surface area contributed by atoms with Crippen molar-refractivity contribution in [2.24, 2.45) is 0 Å². The Hall–Kier alpha value is -1.95. The molecule has 2 aromatic rings.